The lowest BCUT2D eigenvalue weighted by Gasteiger charge is -2.35. The highest BCUT2D eigenvalue weighted by Crippen LogP contribution is 2.44. The van der Waals surface area contributed by atoms with Crippen LogP contribution in [0.25, 0.3) is 11.1 Å². The van der Waals surface area contributed by atoms with Gasteiger partial charge in [-0.1, -0.05) is 48.5 Å². The monoisotopic (exact) mass is 452 g/mol. The van der Waals surface area contributed by atoms with Crippen molar-refractivity contribution in [2.24, 2.45) is 5.92 Å². The van der Waals surface area contributed by atoms with E-state index in [1.54, 1.807) is 0 Å². The molecule has 0 heterocycles. The van der Waals surface area contributed by atoms with E-state index in [0.717, 1.165) is 22.3 Å². The number of aliphatic carboxylic acids is 1. The van der Waals surface area contributed by atoms with Gasteiger partial charge in [0.25, 0.3) is 0 Å². The second kappa shape index (κ2) is 10.0. The predicted molar refractivity (Wildman–Crippen MR) is 121 cm³/mol. The number of amides is 2. The highest BCUT2D eigenvalue weighted by Gasteiger charge is 2.34. The summed E-state index contributed by atoms with van der Waals surface area (Å²) in [7, 11) is 1.45. The van der Waals surface area contributed by atoms with E-state index in [2.05, 4.69) is 22.8 Å². The number of hydrogen-bond donors (Lipinski definition) is 3. The van der Waals surface area contributed by atoms with Crippen LogP contribution in [0.5, 0.6) is 0 Å². The van der Waals surface area contributed by atoms with E-state index < -0.39 is 18.1 Å². The van der Waals surface area contributed by atoms with Crippen molar-refractivity contribution in [1.29, 1.82) is 0 Å². The van der Waals surface area contributed by atoms with Gasteiger partial charge in [0, 0.05) is 25.5 Å². The fourth-order valence-corrected chi connectivity index (χ4v) is 4.70. The summed E-state index contributed by atoms with van der Waals surface area (Å²) in [6.45, 7) is 0.155. The Morgan fingerprint density at radius 3 is 2.21 bits per heavy atom. The van der Waals surface area contributed by atoms with Crippen LogP contribution >= 0.6 is 0 Å². The van der Waals surface area contributed by atoms with Crippen LogP contribution in [0.1, 0.15) is 36.3 Å². The molecule has 2 amide bonds. The lowest BCUT2D eigenvalue weighted by atomic mass is 9.78. The molecule has 4 rings (SSSR count). The average Bonchev–Trinajstić information content (AvgIpc) is 3.09. The second-order valence-electron chi connectivity index (χ2n) is 8.62. The molecular formula is C25H28N2O6. The first kappa shape index (κ1) is 22.8. The Bertz CT molecular complexity index is 988. The maximum atomic E-state index is 12.6. The minimum absolute atomic E-state index is 0.00129. The number of carboxylic acid groups (broad SMARTS) is 1. The van der Waals surface area contributed by atoms with Crippen molar-refractivity contribution in [2.45, 2.75) is 37.3 Å². The standard InChI is InChI=1S/C25H28N2O6/c1-32-14-22(24(30)26-16-10-15(11-16)12-23(28)29)27-25(31)33-13-21-19-8-4-2-6-17(19)18-7-3-5-9-20(18)21/h2-9,15-16,21-22H,10-14H2,1H3,(H,26,30)(H,27,31)(H,28,29). The molecule has 8 heteroatoms. The topological polar surface area (TPSA) is 114 Å². The zero-order valence-electron chi connectivity index (χ0n) is 18.5. The number of alkyl carbamates (subject to hydrolysis) is 1. The van der Waals surface area contributed by atoms with Gasteiger partial charge < -0.3 is 25.2 Å². The van der Waals surface area contributed by atoms with Crippen molar-refractivity contribution < 1.29 is 29.0 Å². The molecule has 0 aliphatic heterocycles. The summed E-state index contributed by atoms with van der Waals surface area (Å²) in [6.07, 6.45) is 0.642. The number of carboxylic acids is 1. The number of hydrogen-bond acceptors (Lipinski definition) is 5. The molecule has 2 aliphatic rings. The maximum Gasteiger partial charge on any atom is 0.407 e. The predicted octanol–water partition coefficient (Wildman–Crippen LogP) is 2.91. The van der Waals surface area contributed by atoms with Gasteiger partial charge >= 0.3 is 12.1 Å². The van der Waals surface area contributed by atoms with Gasteiger partial charge in [0.15, 0.2) is 0 Å². The van der Waals surface area contributed by atoms with Crippen LogP contribution in [-0.4, -0.2) is 55.5 Å². The first-order chi connectivity index (χ1) is 16.0. The molecule has 8 nitrogen and oxygen atoms in total. The number of ether oxygens (including phenoxy) is 2. The van der Waals surface area contributed by atoms with Gasteiger partial charge in [-0.25, -0.2) is 4.79 Å². The molecule has 174 valence electrons. The Kier molecular flexibility index (Phi) is 6.93. The molecule has 0 radical (unpaired) electrons. The lowest BCUT2D eigenvalue weighted by Crippen LogP contribution is -2.54. The minimum atomic E-state index is -0.899. The Balaban J connectivity index is 1.32. The molecule has 0 saturated heterocycles. The minimum Gasteiger partial charge on any atom is -0.481 e. The highest BCUT2D eigenvalue weighted by molar-refractivity contribution is 5.86. The summed E-state index contributed by atoms with van der Waals surface area (Å²) in [4.78, 5) is 35.9. The Labute approximate surface area is 192 Å². The van der Waals surface area contributed by atoms with Crippen LogP contribution in [0, 0.1) is 5.92 Å². The van der Waals surface area contributed by atoms with Gasteiger partial charge in [0.2, 0.25) is 5.91 Å². The largest absolute Gasteiger partial charge is 0.481 e. The van der Waals surface area contributed by atoms with Crippen molar-refractivity contribution in [1.82, 2.24) is 10.6 Å². The van der Waals surface area contributed by atoms with Crippen LogP contribution < -0.4 is 10.6 Å². The zero-order chi connectivity index (χ0) is 23.4. The molecule has 3 N–H and O–H groups in total. The molecule has 2 aromatic carbocycles. The van der Waals surface area contributed by atoms with E-state index in [9.17, 15) is 14.4 Å². The van der Waals surface area contributed by atoms with E-state index in [0.29, 0.717) is 12.8 Å². The summed E-state index contributed by atoms with van der Waals surface area (Å²) in [5.41, 5.74) is 4.50. The van der Waals surface area contributed by atoms with E-state index in [-0.39, 0.29) is 43.4 Å². The summed E-state index contributed by atoms with van der Waals surface area (Å²) in [6, 6.07) is 15.1. The summed E-state index contributed by atoms with van der Waals surface area (Å²) < 4.78 is 10.6. The van der Waals surface area contributed by atoms with Crippen molar-refractivity contribution >= 4 is 18.0 Å². The molecule has 1 saturated carbocycles. The fourth-order valence-electron chi connectivity index (χ4n) is 4.70. The third-order valence-electron chi connectivity index (χ3n) is 6.33. The molecule has 2 aliphatic carbocycles. The quantitative estimate of drug-likeness (QED) is 0.539. The van der Waals surface area contributed by atoms with E-state index >= 15 is 0 Å². The number of carbonyl (C=O) groups is 3. The smallest absolute Gasteiger partial charge is 0.407 e. The van der Waals surface area contributed by atoms with Gasteiger partial charge in [-0.2, -0.15) is 0 Å². The van der Waals surface area contributed by atoms with Crippen LogP contribution in [0.15, 0.2) is 48.5 Å². The molecule has 33 heavy (non-hydrogen) atoms. The lowest BCUT2D eigenvalue weighted by molar-refractivity contribution is -0.139. The normalized spacial score (nSPS) is 19.5. The third kappa shape index (κ3) is 5.17. The number of carbonyl (C=O) groups excluding carboxylic acids is 2. The van der Waals surface area contributed by atoms with Gasteiger partial charge in [-0.05, 0) is 41.0 Å². The fraction of sp³-hybridized carbons (Fsp3) is 0.400. The summed E-state index contributed by atoms with van der Waals surface area (Å²) >= 11 is 0. The van der Waals surface area contributed by atoms with E-state index in [1.165, 1.54) is 7.11 Å². The number of rotatable bonds is 9. The first-order valence-electron chi connectivity index (χ1n) is 11.1. The van der Waals surface area contributed by atoms with Crippen LogP contribution in [0.4, 0.5) is 4.79 Å². The van der Waals surface area contributed by atoms with E-state index in [4.69, 9.17) is 14.6 Å². The van der Waals surface area contributed by atoms with Crippen LogP contribution in [-0.2, 0) is 19.1 Å². The molecule has 0 aromatic heterocycles. The number of fused-ring (bicyclic) bond motifs is 3. The number of benzene rings is 2. The average molecular weight is 453 g/mol. The van der Waals surface area contributed by atoms with Gasteiger partial charge in [-0.15, -0.1) is 0 Å². The molecule has 1 unspecified atom stereocenters. The van der Waals surface area contributed by atoms with Crippen molar-refractivity contribution in [3.63, 3.8) is 0 Å². The molecular weight excluding hydrogens is 424 g/mol. The number of methoxy groups -OCH3 is 1. The molecule has 0 spiro atoms. The molecule has 1 fully saturated rings. The second-order valence-corrected chi connectivity index (χ2v) is 8.62. The van der Waals surface area contributed by atoms with Crippen LogP contribution in [0.2, 0.25) is 0 Å². The maximum absolute atomic E-state index is 12.6. The highest BCUT2D eigenvalue weighted by atomic mass is 16.5. The van der Waals surface area contributed by atoms with E-state index in [1.807, 2.05) is 36.4 Å². The molecule has 1 atom stereocenters. The van der Waals surface area contributed by atoms with Gasteiger partial charge in [-0.3, -0.25) is 9.59 Å². The van der Waals surface area contributed by atoms with Crippen molar-refractivity contribution in [3.8, 4) is 11.1 Å². The Morgan fingerprint density at radius 2 is 1.64 bits per heavy atom. The van der Waals surface area contributed by atoms with Crippen molar-refractivity contribution in [3.05, 3.63) is 59.7 Å². The third-order valence-corrected chi connectivity index (χ3v) is 6.33. The number of nitrogens with one attached hydrogen (secondary N) is 2. The van der Waals surface area contributed by atoms with Gasteiger partial charge in [0.1, 0.15) is 12.6 Å². The van der Waals surface area contributed by atoms with Crippen molar-refractivity contribution in [2.75, 3.05) is 20.3 Å². The summed E-state index contributed by atoms with van der Waals surface area (Å²) in [5, 5.41) is 14.3. The Morgan fingerprint density at radius 1 is 1.03 bits per heavy atom. The zero-order valence-corrected chi connectivity index (χ0v) is 18.5. The molecule has 0 bridgehead atoms. The van der Waals surface area contributed by atoms with Gasteiger partial charge in [0.05, 0.1) is 6.61 Å². The summed E-state index contributed by atoms with van der Waals surface area (Å²) in [5.74, 6) is -1.20. The first-order valence-corrected chi connectivity index (χ1v) is 11.1. The van der Waals surface area contributed by atoms with Crippen LogP contribution in [0.3, 0.4) is 0 Å². The SMILES string of the molecule is COCC(NC(=O)OCC1c2ccccc2-c2ccccc21)C(=O)NC1CC(CC(=O)O)C1. The molecule has 2 aromatic rings. The Hall–Kier alpha value is -3.39.